The van der Waals surface area contributed by atoms with E-state index in [9.17, 15) is 23.1 Å². The van der Waals surface area contributed by atoms with Gasteiger partial charge in [-0.3, -0.25) is 14.6 Å². The second-order valence-corrected chi connectivity index (χ2v) is 7.65. The van der Waals surface area contributed by atoms with Crippen LogP contribution in [0, 0.1) is 0 Å². The minimum atomic E-state index is -4.58. The summed E-state index contributed by atoms with van der Waals surface area (Å²) in [6.45, 7) is 3.23. The first-order valence-electron chi connectivity index (χ1n) is 9.56. The van der Waals surface area contributed by atoms with Crippen LogP contribution < -0.4 is 5.32 Å². The molecule has 162 valence electrons. The molecule has 0 saturated carbocycles. The van der Waals surface area contributed by atoms with Gasteiger partial charge in [-0.2, -0.15) is 13.2 Å². The molecule has 0 aliphatic carbocycles. The Morgan fingerprint density at radius 2 is 1.70 bits per heavy atom. The Kier molecular flexibility index (Phi) is 7.36. The molecule has 1 saturated heterocycles. The Labute approximate surface area is 178 Å². The van der Waals surface area contributed by atoms with E-state index in [2.05, 4.69) is 10.2 Å². The number of piperazine rings is 1. The van der Waals surface area contributed by atoms with E-state index in [0.29, 0.717) is 32.7 Å². The lowest BCUT2D eigenvalue weighted by molar-refractivity contribution is -0.137. The number of halogens is 4. The van der Waals surface area contributed by atoms with Crippen molar-refractivity contribution in [3.05, 3.63) is 64.7 Å². The Morgan fingerprint density at radius 3 is 2.33 bits per heavy atom. The number of nitrogens with zero attached hydrogens (tertiary/aromatic N) is 2. The summed E-state index contributed by atoms with van der Waals surface area (Å²) in [7, 11) is 0. The van der Waals surface area contributed by atoms with Crippen LogP contribution in [0.3, 0.4) is 0 Å². The number of nitrogens with one attached hydrogen (secondary N) is 1. The Morgan fingerprint density at radius 1 is 1.07 bits per heavy atom. The topological polar surface area (TPSA) is 55.8 Å². The minimum Gasteiger partial charge on any atom is -0.387 e. The zero-order valence-corrected chi connectivity index (χ0v) is 17.0. The molecule has 1 amide bonds. The van der Waals surface area contributed by atoms with Gasteiger partial charge in [-0.25, -0.2) is 0 Å². The molecule has 0 aromatic heterocycles. The van der Waals surface area contributed by atoms with Gasteiger partial charge in [0.05, 0.1) is 23.2 Å². The summed E-state index contributed by atoms with van der Waals surface area (Å²) in [4.78, 5) is 16.3. The first kappa shape index (κ1) is 22.6. The van der Waals surface area contributed by atoms with Crippen molar-refractivity contribution in [1.29, 1.82) is 0 Å². The van der Waals surface area contributed by atoms with Crippen molar-refractivity contribution in [1.82, 2.24) is 9.80 Å². The van der Waals surface area contributed by atoms with Gasteiger partial charge in [0.1, 0.15) is 0 Å². The van der Waals surface area contributed by atoms with Crippen LogP contribution in [-0.2, 0) is 11.0 Å². The highest BCUT2D eigenvalue weighted by Gasteiger charge is 2.33. The van der Waals surface area contributed by atoms with Crippen molar-refractivity contribution in [3.8, 4) is 0 Å². The van der Waals surface area contributed by atoms with E-state index in [0.717, 1.165) is 17.7 Å². The molecule has 0 unspecified atom stereocenters. The number of aliphatic hydroxyl groups excluding tert-OH is 1. The van der Waals surface area contributed by atoms with Gasteiger partial charge in [0.2, 0.25) is 5.91 Å². The van der Waals surface area contributed by atoms with Crippen molar-refractivity contribution in [2.24, 2.45) is 0 Å². The lowest BCUT2D eigenvalue weighted by atomic mass is 10.1. The van der Waals surface area contributed by atoms with E-state index >= 15 is 0 Å². The maximum absolute atomic E-state index is 12.9. The summed E-state index contributed by atoms with van der Waals surface area (Å²) < 4.78 is 38.8. The maximum atomic E-state index is 12.9. The molecule has 1 aliphatic heterocycles. The summed E-state index contributed by atoms with van der Waals surface area (Å²) in [5, 5.41) is 12.4. The third kappa shape index (κ3) is 6.18. The number of hydrogen-bond donors (Lipinski definition) is 2. The molecule has 9 heteroatoms. The van der Waals surface area contributed by atoms with Crippen LogP contribution in [0.4, 0.5) is 18.9 Å². The number of benzene rings is 2. The predicted octanol–water partition coefficient (Wildman–Crippen LogP) is 3.65. The molecule has 0 bridgehead atoms. The molecule has 1 heterocycles. The zero-order valence-electron chi connectivity index (χ0n) is 16.2. The van der Waals surface area contributed by atoms with Gasteiger partial charge < -0.3 is 10.4 Å². The maximum Gasteiger partial charge on any atom is 0.417 e. The number of hydrogen-bond acceptors (Lipinski definition) is 4. The molecular weight excluding hydrogens is 419 g/mol. The number of carbonyl (C=O) groups excluding carboxylic acids is 1. The Balaban J connectivity index is 1.46. The van der Waals surface area contributed by atoms with E-state index in [1.807, 2.05) is 35.2 Å². The second-order valence-electron chi connectivity index (χ2n) is 7.24. The van der Waals surface area contributed by atoms with Crippen LogP contribution in [0.5, 0.6) is 0 Å². The first-order valence-corrected chi connectivity index (χ1v) is 9.94. The van der Waals surface area contributed by atoms with Gasteiger partial charge in [0.15, 0.2) is 0 Å². The Bertz CT molecular complexity index is 856. The fourth-order valence-corrected chi connectivity index (χ4v) is 3.60. The monoisotopic (exact) mass is 441 g/mol. The molecule has 1 fully saturated rings. The van der Waals surface area contributed by atoms with Gasteiger partial charge in [0.25, 0.3) is 0 Å². The van der Waals surface area contributed by atoms with E-state index in [-0.39, 0.29) is 18.1 Å². The van der Waals surface area contributed by atoms with Crippen molar-refractivity contribution in [2.75, 3.05) is 44.6 Å². The third-order valence-corrected chi connectivity index (χ3v) is 5.33. The van der Waals surface area contributed by atoms with Crippen LogP contribution in [-0.4, -0.2) is 60.1 Å². The molecule has 30 heavy (non-hydrogen) atoms. The normalized spacial score (nSPS) is 17.0. The SMILES string of the molecule is O=C(CN1CCN(C[C@@H](O)c2ccccc2)CC1)Nc1ccc(Cl)c(C(F)(F)F)c1. The molecule has 1 aliphatic rings. The summed E-state index contributed by atoms with van der Waals surface area (Å²) in [5.41, 5.74) is -0.0607. The average Bonchev–Trinajstić information content (AvgIpc) is 2.70. The average molecular weight is 442 g/mol. The van der Waals surface area contributed by atoms with Gasteiger partial charge >= 0.3 is 6.18 Å². The smallest absolute Gasteiger partial charge is 0.387 e. The molecule has 2 aromatic rings. The first-order chi connectivity index (χ1) is 14.2. The van der Waals surface area contributed by atoms with Gasteiger partial charge in [0, 0.05) is 38.4 Å². The summed E-state index contributed by atoms with van der Waals surface area (Å²) in [6, 6.07) is 12.7. The highest BCUT2D eigenvalue weighted by atomic mass is 35.5. The Hall–Kier alpha value is -2.13. The van der Waals surface area contributed by atoms with Gasteiger partial charge in [-0.1, -0.05) is 41.9 Å². The highest BCUT2D eigenvalue weighted by molar-refractivity contribution is 6.31. The molecule has 5 nitrogen and oxygen atoms in total. The molecule has 3 rings (SSSR count). The van der Waals surface area contributed by atoms with Gasteiger partial charge in [-0.05, 0) is 23.8 Å². The summed E-state index contributed by atoms with van der Waals surface area (Å²) in [5.74, 6) is -0.386. The number of aliphatic hydroxyl groups is 1. The second kappa shape index (κ2) is 9.78. The molecule has 2 N–H and O–H groups in total. The van der Waals surface area contributed by atoms with Crippen LogP contribution in [0.1, 0.15) is 17.2 Å². The zero-order chi connectivity index (χ0) is 21.7. The van der Waals surface area contributed by atoms with Gasteiger partial charge in [-0.15, -0.1) is 0 Å². The lowest BCUT2D eigenvalue weighted by Crippen LogP contribution is -2.49. The van der Waals surface area contributed by atoms with Crippen LogP contribution >= 0.6 is 11.6 Å². The summed E-state index contributed by atoms with van der Waals surface area (Å²) in [6.07, 6.45) is -5.16. The summed E-state index contributed by atoms with van der Waals surface area (Å²) >= 11 is 5.60. The molecule has 1 atom stereocenters. The highest BCUT2D eigenvalue weighted by Crippen LogP contribution is 2.36. The lowest BCUT2D eigenvalue weighted by Gasteiger charge is -2.35. The number of anilines is 1. The van der Waals surface area contributed by atoms with E-state index in [1.165, 1.54) is 6.07 Å². The number of carbonyl (C=O) groups is 1. The molecule has 0 spiro atoms. The van der Waals surface area contributed by atoms with Crippen LogP contribution in [0.2, 0.25) is 5.02 Å². The quantitative estimate of drug-likeness (QED) is 0.718. The van der Waals surface area contributed by atoms with Crippen molar-refractivity contribution >= 4 is 23.2 Å². The van der Waals surface area contributed by atoms with Crippen molar-refractivity contribution in [2.45, 2.75) is 12.3 Å². The van der Waals surface area contributed by atoms with Crippen LogP contribution in [0.25, 0.3) is 0 Å². The number of amides is 1. The molecule has 0 radical (unpaired) electrons. The van der Waals surface area contributed by atoms with Crippen molar-refractivity contribution < 1.29 is 23.1 Å². The van der Waals surface area contributed by atoms with E-state index < -0.39 is 22.9 Å². The minimum absolute atomic E-state index is 0.0568. The van der Waals surface area contributed by atoms with E-state index in [1.54, 1.807) is 0 Å². The van der Waals surface area contributed by atoms with Crippen LogP contribution in [0.15, 0.2) is 48.5 Å². The predicted molar refractivity (Wildman–Crippen MR) is 109 cm³/mol. The van der Waals surface area contributed by atoms with E-state index in [4.69, 9.17) is 11.6 Å². The molecule has 2 aromatic carbocycles. The number of β-amino-alcohol motifs (C(OH)–C–C–N with tert-alkyl or cyclic N) is 1. The fraction of sp³-hybridized carbons (Fsp3) is 0.381. The number of alkyl halides is 3. The number of rotatable bonds is 6. The fourth-order valence-electron chi connectivity index (χ4n) is 3.38. The standard InChI is InChI=1S/C21H23ClF3N3O2/c22-18-7-6-16(12-17(18)21(23,24)25)26-20(30)14-28-10-8-27(9-11-28)13-19(29)15-4-2-1-3-5-15/h1-7,12,19,29H,8-11,13-14H2,(H,26,30)/t19-/m1/s1. The van der Waals surface area contributed by atoms with Crippen molar-refractivity contribution in [3.63, 3.8) is 0 Å². The largest absolute Gasteiger partial charge is 0.417 e. The third-order valence-electron chi connectivity index (χ3n) is 5.00. The molecular formula is C21H23ClF3N3O2.